The molecule has 13 heteroatoms. The van der Waals surface area contributed by atoms with Gasteiger partial charge in [-0.3, -0.25) is 9.59 Å². The molecule has 1 aliphatic heterocycles. The van der Waals surface area contributed by atoms with Crippen LogP contribution < -0.4 is 0 Å². The van der Waals surface area contributed by atoms with Crippen molar-refractivity contribution in [3.63, 3.8) is 0 Å². The van der Waals surface area contributed by atoms with Crippen LogP contribution in [0.5, 0.6) is 0 Å². The van der Waals surface area contributed by atoms with Crippen LogP contribution in [0.1, 0.15) is 35.0 Å². The van der Waals surface area contributed by atoms with Gasteiger partial charge in [0.2, 0.25) is 0 Å². The van der Waals surface area contributed by atoms with E-state index in [1.54, 1.807) is 66.7 Å². The van der Waals surface area contributed by atoms with Gasteiger partial charge in [-0.1, -0.05) is 54.6 Å². The van der Waals surface area contributed by atoms with Crippen molar-refractivity contribution in [1.29, 1.82) is 0 Å². The molecule has 0 amide bonds. The minimum atomic E-state index is -1.50. The van der Waals surface area contributed by atoms with E-state index in [4.69, 9.17) is 32.5 Å². The number of rotatable bonds is 16. The van der Waals surface area contributed by atoms with Crippen molar-refractivity contribution < 1.29 is 52.0 Å². The van der Waals surface area contributed by atoms with Crippen molar-refractivity contribution in [2.45, 2.75) is 56.4 Å². The van der Waals surface area contributed by atoms with Gasteiger partial charge in [-0.25, -0.2) is 14.8 Å². The quantitative estimate of drug-likeness (QED) is 0.0764. The van der Waals surface area contributed by atoms with Gasteiger partial charge in [0.15, 0.2) is 47.5 Å². The number of aromatic nitrogens is 2. The maximum atomic E-state index is 14.1. The lowest BCUT2D eigenvalue weighted by atomic mass is 9.96. The van der Waals surface area contributed by atoms with Gasteiger partial charge in [-0.15, -0.1) is 13.2 Å². The highest BCUT2D eigenvalue weighted by Crippen LogP contribution is 2.32. The van der Waals surface area contributed by atoms with E-state index < -0.39 is 67.1 Å². The minimum absolute atomic E-state index is 0.0464. The largest absolute Gasteiger partial charge is 0.455 e. The Morgan fingerprint density at radius 3 is 1.74 bits per heavy atom. The Hall–Kier alpha value is -5.63. The summed E-state index contributed by atoms with van der Waals surface area (Å²) in [4.78, 5) is 50.5. The molecule has 13 nitrogen and oxygen atoms in total. The minimum Gasteiger partial charge on any atom is -0.455 e. The van der Waals surface area contributed by atoms with Crippen molar-refractivity contribution in [1.82, 2.24) is 9.97 Å². The molecule has 3 aromatic carbocycles. The van der Waals surface area contributed by atoms with E-state index in [9.17, 15) is 19.5 Å². The maximum Gasteiger partial charge on any atom is 0.338 e. The molecule has 0 spiro atoms. The SMILES string of the molecule is C=CC[C@H](Cc1nc2ccccc2o1)C(=O)O[C@@H]1[C@H](OC(=O)c2ccccc2)[C@@H](OC)O[C@H](CO)[C@H]1OC(=O)[C@H](CC=C)Cc1nc2ccccc2o1. The lowest BCUT2D eigenvalue weighted by Crippen LogP contribution is -2.63. The van der Waals surface area contributed by atoms with Crippen molar-refractivity contribution in [2.75, 3.05) is 13.7 Å². The Bertz CT molecular complexity index is 1970. The zero-order valence-corrected chi connectivity index (χ0v) is 29.1. The molecule has 0 unspecified atom stereocenters. The summed E-state index contributed by atoms with van der Waals surface area (Å²) in [5, 5.41) is 10.5. The number of aliphatic hydroxyl groups excluding tert-OH is 1. The van der Waals surface area contributed by atoms with Crippen LogP contribution in [0.2, 0.25) is 0 Å². The summed E-state index contributed by atoms with van der Waals surface area (Å²) in [5.74, 6) is -3.35. The number of para-hydroxylation sites is 4. The van der Waals surface area contributed by atoms with E-state index in [0.717, 1.165) is 0 Å². The number of hydrogen-bond donors (Lipinski definition) is 1. The fourth-order valence-electron chi connectivity index (χ4n) is 6.21. The summed E-state index contributed by atoms with van der Waals surface area (Å²) in [6, 6.07) is 22.6. The average molecular weight is 725 g/mol. The number of carbonyl (C=O) groups is 3. The van der Waals surface area contributed by atoms with Crippen molar-refractivity contribution >= 4 is 40.1 Å². The average Bonchev–Trinajstić information content (AvgIpc) is 3.79. The zero-order valence-electron chi connectivity index (χ0n) is 29.1. The van der Waals surface area contributed by atoms with Gasteiger partial charge in [0.25, 0.3) is 0 Å². The molecule has 6 rings (SSSR count). The third kappa shape index (κ3) is 8.71. The predicted molar refractivity (Wildman–Crippen MR) is 190 cm³/mol. The highest BCUT2D eigenvalue weighted by Gasteiger charge is 2.53. The lowest BCUT2D eigenvalue weighted by molar-refractivity contribution is -0.300. The first-order chi connectivity index (χ1) is 25.8. The van der Waals surface area contributed by atoms with E-state index in [-0.39, 0.29) is 31.2 Å². The molecule has 276 valence electrons. The van der Waals surface area contributed by atoms with E-state index in [0.29, 0.717) is 34.0 Å². The number of benzene rings is 3. The Labute approximate surface area is 305 Å². The number of hydrogen-bond acceptors (Lipinski definition) is 13. The molecule has 0 aliphatic carbocycles. The molecule has 2 aromatic heterocycles. The number of aliphatic hydroxyl groups is 1. The van der Waals surface area contributed by atoms with E-state index in [1.807, 2.05) is 24.3 Å². The first-order valence-electron chi connectivity index (χ1n) is 17.2. The number of esters is 3. The first kappa shape index (κ1) is 37.1. The van der Waals surface area contributed by atoms with Gasteiger partial charge in [-0.05, 0) is 49.2 Å². The Balaban J connectivity index is 1.31. The van der Waals surface area contributed by atoms with Crippen molar-refractivity contribution in [3.05, 3.63) is 122 Å². The number of allylic oxidation sites excluding steroid dienone is 2. The van der Waals surface area contributed by atoms with Gasteiger partial charge in [0.1, 0.15) is 17.1 Å². The van der Waals surface area contributed by atoms with Crippen LogP contribution in [0.3, 0.4) is 0 Å². The highest BCUT2D eigenvalue weighted by atomic mass is 16.7. The number of ether oxygens (including phenoxy) is 5. The second kappa shape index (κ2) is 17.3. The van der Waals surface area contributed by atoms with Crippen molar-refractivity contribution in [3.8, 4) is 0 Å². The number of oxazole rings is 2. The molecule has 1 fully saturated rings. The van der Waals surface area contributed by atoms with Gasteiger partial charge in [-0.2, -0.15) is 0 Å². The summed E-state index contributed by atoms with van der Waals surface area (Å²) in [7, 11) is 1.31. The topological polar surface area (TPSA) is 170 Å². The first-order valence-corrected chi connectivity index (χ1v) is 17.2. The molecule has 1 saturated heterocycles. The van der Waals surface area contributed by atoms with Gasteiger partial charge in [0.05, 0.1) is 24.0 Å². The second-order valence-electron chi connectivity index (χ2n) is 12.5. The summed E-state index contributed by atoms with van der Waals surface area (Å²) >= 11 is 0. The summed E-state index contributed by atoms with van der Waals surface area (Å²) in [5.41, 5.74) is 2.56. The smallest absolute Gasteiger partial charge is 0.338 e. The van der Waals surface area contributed by atoms with Crippen LogP contribution in [0.25, 0.3) is 22.2 Å². The molecule has 3 heterocycles. The third-order valence-electron chi connectivity index (χ3n) is 8.85. The summed E-state index contributed by atoms with van der Waals surface area (Å²) < 4.78 is 41.4. The predicted octanol–water partition coefficient (Wildman–Crippen LogP) is 5.55. The molecule has 0 radical (unpaired) electrons. The normalized spacial score (nSPS) is 21.1. The van der Waals surface area contributed by atoms with Crippen LogP contribution in [0.15, 0.2) is 113 Å². The van der Waals surface area contributed by atoms with Crippen LogP contribution in [0.4, 0.5) is 0 Å². The molecule has 1 aliphatic rings. The lowest BCUT2D eigenvalue weighted by Gasteiger charge is -2.44. The fourth-order valence-corrected chi connectivity index (χ4v) is 6.21. The van der Waals surface area contributed by atoms with Crippen LogP contribution in [-0.4, -0.2) is 77.4 Å². The molecular formula is C40H40N2O11. The maximum absolute atomic E-state index is 14.1. The van der Waals surface area contributed by atoms with Crippen LogP contribution >= 0.6 is 0 Å². The summed E-state index contributed by atoms with van der Waals surface area (Å²) in [6.45, 7) is 6.93. The van der Waals surface area contributed by atoms with E-state index >= 15 is 0 Å². The summed E-state index contributed by atoms with van der Waals surface area (Å²) in [6.07, 6.45) is -3.41. The number of carbonyl (C=O) groups excluding carboxylic acids is 3. The zero-order chi connectivity index (χ0) is 37.3. The molecule has 5 aromatic rings. The molecule has 0 bridgehead atoms. The Morgan fingerprint density at radius 1 is 0.736 bits per heavy atom. The third-order valence-corrected chi connectivity index (χ3v) is 8.85. The fraction of sp³-hybridized carbons (Fsp3) is 0.325. The standard InChI is InChI=1S/C40H40N2O11/c1-4-13-25(21-32-41-27-17-9-11-19-29(27)48-32)38(45)51-34-31(23-43)50-40(47-3)36(53-37(44)24-15-7-6-8-16-24)35(34)52-39(46)26(14-5-2)22-33-42-28-18-10-12-20-30(28)49-33/h4-12,15-20,25-26,31,34-36,40,43H,1-2,13-14,21-23H2,3H3/t25-,26-,31-,34-,35+,36+,40+/m1/s1. The van der Waals surface area contributed by atoms with Gasteiger partial charge >= 0.3 is 17.9 Å². The van der Waals surface area contributed by atoms with Crippen LogP contribution in [-0.2, 0) is 46.1 Å². The second-order valence-corrected chi connectivity index (χ2v) is 12.5. The Morgan fingerprint density at radius 2 is 1.25 bits per heavy atom. The Kier molecular flexibility index (Phi) is 12.1. The van der Waals surface area contributed by atoms with E-state index in [1.165, 1.54) is 7.11 Å². The molecule has 7 atom stereocenters. The van der Waals surface area contributed by atoms with E-state index in [2.05, 4.69) is 23.1 Å². The molecule has 0 saturated carbocycles. The van der Waals surface area contributed by atoms with Crippen molar-refractivity contribution in [2.24, 2.45) is 11.8 Å². The molecule has 1 N–H and O–H groups in total. The van der Waals surface area contributed by atoms with Gasteiger partial charge in [0, 0.05) is 20.0 Å². The monoisotopic (exact) mass is 724 g/mol. The van der Waals surface area contributed by atoms with Crippen LogP contribution in [0, 0.1) is 11.8 Å². The molecular weight excluding hydrogens is 684 g/mol. The highest BCUT2D eigenvalue weighted by molar-refractivity contribution is 5.89. The molecule has 53 heavy (non-hydrogen) atoms. The number of fused-ring (bicyclic) bond motifs is 2. The number of nitrogens with zero attached hydrogens (tertiary/aromatic N) is 2. The number of methoxy groups -OCH3 is 1. The van der Waals surface area contributed by atoms with Gasteiger partial charge < -0.3 is 37.6 Å².